The first-order valence-electron chi connectivity index (χ1n) is 7.99. The number of carbonyl (C=O) groups is 1. The lowest BCUT2D eigenvalue weighted by atomic mass is 9.76. The summed E-state index contributed by atoms with van der Waals surface area (Å²) < 4.78 is 0. The van der Waals surface area contributed by atoms with Crippen molar-refractivity contribution in [3.05, 3.63) is 34.9 Å². The summed E-state index contributed by atoms with van der Waals surface area (Å²) in [6.07, 6.45) is 3.81. The van der Waals surface area contributed by atoms with E-state index in [4.69, 9.17) is 5.73 Å². The number of rotatable bonds is 3. The van der Waals surface area contributed by atoms with E-state index in [0.29, 0.717) is 5.92 Å². The topological polar surface area (TPSA) is 55.1 Å². The van der Waals surface area contributed by atoms with Crippen molar-refractivity contribution in [1.82, 2.24) is 5.32 Å². The van der Waals surface area contributed by atoms with Crippen LogP contribution in [0.3, 0.4) is 0 Å². The molecule has 0 aromatic heterocycles. The van der Waals surface area contributed by atoms with Gasteiger partial charge in [-0.1, -0.05) is 43.5 Å². The van der Waals surface area contributed by atoms with E-state index in [1.807, 2.05) is 6.92 Å². The van der Waals surface area contributed by atoms with Gasteiger partial charge in [0, 0.05) is 0 Å². The molecule has 1 aromatic carbocycles. The Labute approximate surface area is 128 Å². The quantitative estimate of drug-likeness (QED) is 0.895. The van der Waals surface area contributed by atoms with E-state index in [9.17, 15) is 4.79 Å². The van der Waals surface area contributed by atoms with Gasteiger partial charge in [-0.2, -0.15) is 0 Å². The van der Waals surface area contributed by atoms with Crippen LogP contribution in [0.5, 0.6) is 0 Å². The van der Waals surface area contributed by atoms with E-state index in [-0.39, 0.29) is 11.9 Å². The molecule has 3 unspecified atom stereocenters. The third-order valence-corrected chi connectivity index (χ3v) is 4.73. The van der Waals surface area contributed by atoms with Gasteiger partial charge in [-0.3, -0.25) is 4.79 Å². The van der Waals surface area contributed by atoms with Gasteiger partial charge in [0.05, 0.1) is 11.6 Å². The fourth-order valence-corrected chi connectivity index (χ4v) is 3.44. The van der Waals surface area contributed by atoms with Crippen LogP contribution < -0.4 is 11.1 Å². The van der Waals surface area contributed by atoms with Gasteiger partial charge in [-0.25, -0.2) is 0 Å². The molecule has 3 nitrogen and oxygen atoms in total. The summed E-state index contributed by atoms with van der Waals surface area (Å²) in [4.78, 5) is 12.6. The molecule has 0 saturated heterocycles. The van der Waals surface area contributed by atoms with Gasteiger partial charge in [0.1, 0.15) is 0 Å². The van der Waals surface area contributed by atoms with Crippen LogP contribution in [0, 0.1) is 19.8 Å². The van der Waals surface area contributed by atoms with Crippen molar-refractivity contribution in [3.63, 3.8) is 0 Å². The maximum Gasteiger partial charge on any atom is 0.240 e. The zero-order chi connectivity index (χ0) is 15.6. The average molecular weight is 288 g/mol. The van der Waals surface area contributed by atoms with Crippen molar-refractivity contribution >= 4 is 5.91 Å². The first-order valence-corrected chi connectivity index (χ1v) is 7.99. The van der Waals surface area contributed by atoms with Crippen LogP contribution in [-0.4, -0.2) is 11.4 Å². The molecule has 0 bridgehead atoms. The van der Waals surface area contributed by atoms with Crippen molar-refractivity contribution in [2.24, 2.45) is 11.7 Å². The number of nitrogens with two attached hydrogens (primary N) is 1. The van der Waals surface area contributed by atoms with Crippen molar-refractivity contribution in [1.29, 1.82) is 0 Å². The lowest BCUT2D eigenvalue weighted by molar-refractivity contribution is -0.128. The second-order valence-corrected chi connectivity index (χ2v) is 6.91. The Morgan fingerprint density at radius 1 is 1.43 bits per heavy atom. The lowest BCUT2D eigenvalue weighted by Gasteiger charge is -2.36. The van der Waals surface area contributed by atoms with E-state index in [2.05, 4.69) is 44.3 Å². The smallest absolute Gasteiger partial charge is 0.240 e. The number of hydrogen-bond acceptors (Lipinski definition) is 2. The second-order valence-electron chi connectivity index (χ2n) is 6.91. The lowest BCUT2D eigenvalue weighted by Crippen LogP contribution is -2.56. The van der Waals surface area contributed by atoms with Gasteiger partial charge >= 0.3 is 0 Å². The predicted molar refractivity (Wildman–Crippen MR) is 87.0 cm³/mol. The number of benzene rings is 1. The minimum atomic E-state index is -0.691. The van der Waals surface area contributed by atoms with Crippen LogP contribution in [0.15, 0.2) is 18.2 Å². The monoisotopic (exact) mass is 288 g/mol. The highest BCUT2D eigenvalue weighted by Gasteiger charge is 2.38. The number of amides is 1. The number of hydrogen-bond donors (Lipinski definition) is 2. The molecular weight excluding hydrogens is 260 g/mol. The molecule has 1 fully saturated rings. The van der Waals surface area contributed by atoms with E-state index in [0.717, 1.165) is 19.3 Å². The van der Waals surface area contributed by atoms with Gasteiger partial charge in [-0.15, -0.1) is 0 Å². The van der Waals surface area contributed by atoms with Gasteiger partial charge in [0.15, 0.2) is 0 Å². The Hall–Kier alpha value is -1.35. The van der Waals surface area contributed by atoms with E-state index in [1.165, 1.54) is 23.1 Å². The van der Waals surface area contributed by atoms with Crippen molar-refractivity contribution < 1.29 is 4.79 Å². The summed E-state index contributed by atoms with van der Waals surface area (Å²) in [5.74, 6) is 0.535. The molecule has 116 valence electrons. The molecule has 0 heterocycles. The number of aryl methyl sites for hydroxylation is 2. The molecule has 3 N–H and O–H groups in total. The minimum absolute atomic E-state index is 0.00227. The summed E-state index contributed by atoms with van der Waals surface area (Å²) in [7, 11) is 0. The molecule has 3 atom stereocenters. The van der Waals surface area contributed by atoms with E-state index >= 15 is 0 Å². The van der Waals surface area contributed by atoms with Crippen molar-refractivity contribution in [3.8, 4) is 0 Å². The molecule has 3 heteroatoms. The zero-order valence-corrected chi connectivity index (χ0v) is 13.7. The maximum atomic E-state index is 12.6. The largest absolute Gasteiger partial charge is 0.348 e. The molecule has 1 amide bonds. The van der Waals surface area contributed by atoms with E-state index < -0.39 is 5.54 Å². The fourth-order valence-electron chi connectivity index (χ4n) is 3.44. The Kier molecular flexibility index (Phi) is 4.72. The number of carbonyl (C=O) groups excluding carboxylic acids is 1. The summed E-state index contributed by atoms with van der Waals surface area (Å²) in [6, 6.07) is 6.34. The highest BCUT2D eigenvalue weighted by molar-refractivity contribution is 5.86. The van der Waals surface area contributed by atoms with Crippen LogP contribution in [-0.2, 0) is 4.79 Å². The van der Waals surface area contributed by atoms with Gasteiger partial charge in [0.2, 0.25) is 5.91 Å². The van der Waals surface area contributed by atoms with Gasteiger partial charge < -0.3 is 11.1 Å². The molecule has 1 aliphatic carbocycles. The molecule has 1 saturated carbocycles. The maximum absolute atomic E-state index is 12.6. The third-order valence-electron chi connectivity index (χ3n) is 4.73. The van der Waals surface area contributed by atoms with Crippen LogP contribution in [0.2, 0.25) is 0 Å². The Balaban J connectivity index is 2.10. The van der Waals surface area contributed by atoms with Crippen molar-refractivity contribution in [2.45, 2.75) is 65.0 Å². The van der Waals surface area contributed by atoms with Gasteiger partial charge in [0.25, 0.3) is 0 Å². The highest BCUT2D eigenvalue weighted by atomic mass is 16.2. The molecule has 2 rings (SSSR count). The molecule has 1 aromatic rings. The molecular formula is C18H28N2O. The molecule has 0 radical (unpaired) electrons. The Morgan fingerprint density at radius 3 is 2.81 bits per heavy atom. The summed E-state index contributed by atoms with van der Waals surface area (Å²) in [5.41, 5.74) is 9.28. The van der Waals surface area contributed by atoms with Gasteiger partial charge in [-0.05, 0) is 50.7 Å². The SMILES string of the molecule is Cc1ccc(C)c(C(C)NC(=O)C2(N)CCCC(C)C2)c1. The zero-order valence-electron chi connectivity index (χ0n) is 13.7. The van der Waals surface area contributed by atoms with Crippen LogP contribution in [0.1, 0.15) is 62.3 Å². The number of nitrogens with one attached hydrogen (secondary N) is 1. The summed E-state index contributed by atoms with van der Waals surface area (Å²) >= 11 is 0. The highest BCUT2D eigenvalue weighted by Crippen LogP contribution is 2.31. The third kappa shape index (κ3) is 3.65. The first kappa shape index (κ1) is 16.0. The fraction of sp³-hybridized carbons (Fsp3) is 0.611. The first-order chi connectivity index (χ1) is 9.82. The van der Waals surface area contributed by atoms with Crippen LogP contribution in [0.4, 0.5) is 0 Å². The standard InChI is InChI=1S/C18H28N2O/c1-12-7-8-14(3)16(10-12)15(4)20-17(21)18(19)9-5-6-13(2)11-18/h7-8,10,13,15H,5-6,9,11,19H2,1-4H3,(H,20,21). The van der Waals surface area contributed by atoms with Crippen LogP contribution in [0.25, 0.3) is 0 Å². The van der Waals surface area contributed by atoms with Crippen molar-refractivity contribution in [2.75, 3.05) is 0 Å². The molecule has 0 aliphatic heterocycles. The summed E-state index contributed by atoms with van der Waals surface area (Å²) in [6.45, 7) is 8.38. The molecule has 0 spiro atoms. The Bertz CT molecular complexity index is 526. The normalized spacial score (nSPS) is 27.2. The molecule has 1 aliphatic rings. The molecule has 21 heavy (non-hydrogen) atoms. The second kappa shape index (κ2) is 6.18. The Morgan fingerprint density at radius 2 is 2.14 bits per heavy atom. The summed E-state index contributed by atoms with van der Waals surface area (Å²) in [5, 5.41) is 3.13. The van der Waals surface area contributed by atoms with Crippen LogP contribution >= 0.6 is 0 Å². The van der Waals surface area contributed by atoms with E-state index in [1.54, 1.807) is 0 Å². The predicted octanol–water partition coefficient (Wildman–Crippen LogP) is 3.39. The average Bonchev–Trinajstić information content (AvgIpc) is 2.41. The minimum Gasteiger partial charge on any atom is -0.348 e.